The minimum atomic E-state index is 0.796. The van der Waals surface area contributed by atoms with Crippen LogP contribution in [0.2, 0.25) is 0 Å². The minimum absolute atomic E-state index is 0.796. The molecule has 0 radical (unpaired) electrons. The van der Waals surface area contributed by atoms with Crippen LogP contribution in [0.3, 0.4) is 0 Å². The molecule has 0 fully saturated rings. The maximum Gasteiger partial charge on any atom is 0.145 e. The Morgan fingerprint density at radius 3 is 2.62 bits per heavy atom. The topological polar surface area (TPSA) is 53.1 Å². The minimum Gasteiger partial charge on any atom is -0.372 e. The molecule has 1 rings (SSSR count). The quantitative estimate of drug-likeness (QED) is 0.779. The molecular weight excluding hydrogens is 270 g/mol. The highest BCUT2D eigenvalue weighted by Gasteiger charge is 2.06. The first kappa shape index (κ1) is 13.2. The Kier molecular flexibility index (Phi) is 5.48. The lowest BCUT2D eigenvalue weighted by molar-refractivity contribution is 0.405. The predicted molar refractivity (Wildman–Crippen MR) is 70.9 cm³/mol. The fourth-order valence-corrected chi connectivity index (χ4v) is 1.81. The molecule has 5 nitrogen and oxygen atoms in total. The molecular formula is C10H18BrN5. The number of hydrogen-bond donors (Lipinski definition) is 2. The summed E-state index contributed by atoms with van der Waals surface area (Å²) in [5.74, 6) is 1.63. The zero-order chi connectivity index (χ0) is 12.0. The summed E-state index contributed by atoms with van der Waals surface area (Å²) < 4.78 is 0.877. The number of hydrogen-bond acceptors (Lipinski definition) is 5. The summed E-state index contributed by atoms with van der Waals surface area (Å²) in [6.45, 7) is 1.96. The van der Waals surface area contributed by atoms with Crippen molar-refractivity contribution in [1.29, 1.82) is 0 Å². The fourth-order valence-electron chi connectivity index (χ4n) is 1.27. The second kappa shape index (κ2) is 6.65. The molecule has 0 saturated heterocycles. The Bertz CT molecular complexity index is 329. The molecule has 0 amide bonds. The van der Waals surface area contributed by atoms with E-state index in [4.69, 9.17) is 0 Å². The number of rotatable bonds is 6. The molecule has 0 aliphatic heterocycles. The van der Waals surface area contributed by atoms with Gasteiger partial charge in [-0.25, -0.2) is 9.97 Å². The van der Waals surface area contributed by atoms with Gasteiger partial charge in [-0.05, 0) is 43.0 Å². The molecule has 0 spiro atoms. The van der Waals surface area contributed by atoms with Gasteiger partial charge in [-0.1, -0.05) is 0 Å². The summed E-state index contributed by atoms with van der Waals surface area (Å²) >= 11 is 3.46. The average Bonchev–Trinajstić information content (AvgIpc) is 2.26. The Labute approximate surface area is 105 Å². The van der Waals surface area contributed by atoms with E-state index in [2.05, 4.69) is 55.5 Å². The molecule has 0 aliphatic rings. The van der Waals surface area contributed by atoms with Crippen molar-refractivity contribution < 1.29 is 0 Å². The first-order valence-corrected chi connectivity index (χ1v) is 6.01. The van der Waals surface area contributed by atoms with Crippen molar-refractivity contribution in [3.63, 3.8) is 0 Å². The predicted octanol–water partition coefficient (Wildman–Crippen LogP) is 1.64. The van der Waals surface area contributed by atoms with Crippen molar-refractivity contribution in [3.05, 3.63) is 10.8 Å². The van der Waals surface area contributed by atoms with Crippen LogP contribution in [0.25, 0.3) is 0 Å². The van der Waals surface area contributed by atoms with Gasteiger partial charge in [0, 0.05) is 13.6 Å². The first-order valence-electron chi connectivity index (χ1n) is 5.22. The first-order chi connectivity index (χ1) is 7.65. The average molecular weight is 288 g/mol. The highest BCUT2D eigenvalue weighted by molar-refractivity contribution is 9.10. The molecule has 90 valence electrons. The second-order valence-corrected chi connectivity index (χ2v) is 4.51. The van der Waals surface area contributed by atoms with Gasteiger partial charge in [0.2, 0.25) is 0 Å². The summed E-state index contributed by atoms with van der Waals surface area (Å²) in [7, 11) is 5.97. The van der Waals surface area contributed by atoms with E-state index in [-0.39, 0.29) is 0 Å². The lowest BCUT2D eigenvalue weighted by atomic mass is 10.4. The SMILES string of the molecule is CNc1ncnc(NCCCN(C)C)c1Br. The fraction of sp³-hybridized carbons (Fsp3) is 0.600. The van der Waals surface area contributed by atoms with Crippen LogP contribution < -0.4 is 10.6 Å². The third-order valence-corrected chi connectivity index (χ3v) is 2.85. The monoisotopic (exact) mass is 287 g/mol. The van der Waals surface area contributed by atoms with Gasteiger partial charge in [0.25, 0.3) is 0 Å². The lowest BCUT2D eigenvalue weighted by Crippen LogP contribution is -2.17. The molecule has 1 aromatic rings. The zero-order valence-electron chi connectivity index (χ0n) is 9.92. The molecule has 0 bridgehead atoms. The molecule has 16 heavy (non-hydrogen) atoms. The highest BCUT2D eigenvalue weighted by Crippen LogP contribution is 2.25. The molecule has 6 heteroatoms. The smallest absolute Gasteiger partial charge is 0.145 e. The second-order valence-electron chi connectivity index (χ2n) is 3.72. The van der Waals surface area contributed by atoms with Crippen molar-refractivity contribution in [1.82, 2.24) is 14.9 Å². The molecule has 0 aromatic carbocycles. The zero-order valence-corrected chi connectivity index (χ0v) is 11.5. The van der Waals surface area contributed by atoms with E-state index in [1.165, 1.54) is 0 Å². The van der Waals surface area contributed by atoms with Gasteiger partial charge in [-0.3, -0.25) is 0 Å². The highest BCUT2D eigenvalue weighted by atomic mass is 79.9. The third kappa shape index (κ3) is 3.94. The Hall–Kier alpha value is -0.880. The van der Waals surface area contributed by atoms with Crippen LogP contribution in [0.5, 0.6) is 0 Å². The van der Waals surface area contributed by atoms with Crippen LogP contribution in [0.1, 0.15) is 6.42 Å². The Morgan fingerprint density at radius 1 is 1.31 bits per heavy atom. The third-order valence-electron chi connectivity index (χ3n) is 2.10. The summed E-state index contributed by atoms with van der Waals surface area (Å²) in [5, 5.41) is 6.28. The van der Waals surface area contributed by atoms with E-state index in [1.807, 2.05) is 7.05 Å². The standard InChI is InChI=1S/C10H18BrN5/c1-12-9-8(11)10(15-7-14-9)13-5-4-6-16(2)3/h7H,4-6H2,1-3H3,(H2,12,13,14,15). The van der Waals surface area contributed by atoms with E-state index >= 15 is 0 Å². The molecule has 2 N–H and O–H groups in total. The van der Waals surface area contributed by atoms with E-state index in [0.717, 1.165) is 35.6 Å². The van der Waals surface area contributed by atoms with Crippen LogP contribution >= 0.6 is 15.9 Å². The maximum absolute atomic E-state index is 4.18. The van der Waals surface area contributed by atoms with Crippen molar-refractivity contribution in [3.8, 4) is 0 Å². The number of nitrogens with one attached hydrogen (secondary N) is 2. The number of aromatic nitrogens is 2. The van der Waals surface area contributed by atoms with Crippen LogP contribution in [0, 0.1) is 0 Å². The van der Waals surface area contributed by atoms with E-state index in [1.54, 1.807) is 6.33 Å². The molecule has 1 heterocycles. The largest absolute Gasteiger partial charge is 0.372 e. The van der Waals surface area contributed by atoms with Gasteiger partial charge in [-0.15, -0.1) is 0 Å². The van der Waals surface area contributed by atoms with Crippen LogP contribution in [-0.2, 0) is 0 Å². The molecule has 1 aromatic heterocycles. The summed E-state index contributed by atoms with van der Waals surface area (Å²) in [6, 6.07) is 0. The van der Waals surface area contributed by atoms with Crippen LogP contribution in [0.4, 0.5) is 11.6 Å². The van der Waals surface area contributed by atoms with Gasteiger partial charge in [-0.2, -0.15) is 0 Å². The molecule has 0 unspecified atom stereocenters. The van der Waals surface area contributed by atoms with E-state index in [9.17, 15) is 0 Å². The van der Waals surface area contributed by atoms with Crippen LogP contribution in [-0.4, -0.2) is 49.1 Å². The summed E-state index contributed by atoms with van der Waals surface area (Å²) in [4.78, 5) is 10.4. The van der Waals surface area contributed by atoms with Crippen LogP contribution in [0.15, 0.2) is 10.8 Å². The van der Waals surface area contributed by atoms with Gasteiger partial charge in [0.1, 0.15) is 22.4 Å². The van der Waals surface area contributed by atoms with E-state index < -0.39 is 0 Å². The maximum atomic E-state index is 4.18. The Morgan fingerprint density at radius 2 is 2.00 bits per heavy atom. The lowest BCUT2D eigenvalue weighted by Gasteiger charge is -2.12. The number of anilines is 2. The van der Waals surface area contributed by atoms with Crippen molar-refractivity contribution >= 4 is 27.6 Å². The summed E-state index contributed by atoms with van der Waals surface area (Å²) in [6.07, 6.45) is 2.63. The molecule has 0 atom stereocenters. The normalized spacial score (nSPS) is 10.6. The van der Waals surface area contributed by atoms with Crippen molar-refractivity contribution in [2.75, 3.05) is 44.9 Å². The van der Waals surface area contributed by atoms with Gasteiger partial charge in [0.15, 0.2) is 0 Å². The molecule has 0 aliphatic carbocycles. The number of halogens is 1. The van der Waals surface area contributed by atoms with Crippen molar-refractivity contribution in [2.24, 2.45) is 0 Å². The molecule has 0 saturated carbocycles. The number of nitrogens with zero attached hydrogens (tertiary/aromatic N) is 3. The van der Waals surface area contributed by atoms with Gasteiger partial charge in [0.05, 0.1) is 0 Å². The Balaban J connectivity index is 2.47. The van der Waals surface area contributed by atoms with Crippen molar-refractivity contribution in [2.45, 2.75) is 6.42 Å². The van der Waals surface area contributed by atoms with Gasteiger partial charge < -0.3 is 15.5 Å². The summed E-state index contributed by atoms with van der Waals surface area (Å²) in [5.41, 5.74) is 0. The van der Waals surface area contributed by atoms with Gasteiger partial charge >= 0.3 is 0 Å². The van der Waals surface area contributed by atoms with E-state index in [0.29, 0.717) is 0 Å².